The van der Waals surface area contributed by atoms with Gasteiger partial charge < -0.3 is 10.5 Å². The molecule has 1 aromatic carbocycles. The summed E-state index contributed by atoms with van der Waals surface area (Å²) in [6, 6.07) is 5.91. The lowest BCUT2D eigenvalue weighted by Crippen LogP contribution is -2.29. The van der Waals surface area contributed by atoms with Crippen molar-refractivity contribution in [2.24, 2.45) is 11.1 Å². The highest BCUT2D eigenvalue weighted by molar-refractivity contribution is 5.46. The van der Waals surface area contributed by atoms with Crippen molar-refractivity contribution in [1.82, 2.24) is 0 Å². The molecule has 0 radical (unpaired) electrons. The van der Waals surface area contributed by atoms with Gasteiger partial charge in [0.1, 0.15) is 5.75 Å². The van der Waals surface area contributed by atoms with Crippen molar-refractivity contribution in [3.8, 4) is 11.8 Å². The van der Waals surface area contributed by atoms with Gasteiger partial charge in [0.25, 0.3) is 0 Å². The first-order chi connectivity index (χ1) is 7.83. The molecule has 1 atom stereocenters. The molecule has 0 aliphatic carbocycles. The summed E-state index contributed by atoms with van der Waals surface area (Å²) in [5.74, 6) is 0.762. The third kappa shape index (κ3) is 2.59. The zero-order valence-corrected chi connectivity index (χ0v) is 11.2. The van der Waals surface area contributed by atoms with Crippen LogP contribution < -0.4 is 10.5 Å². The zero-order chi connectivity index (χ0) is 13.2. The van der Waals surface area contributed by atoms with E-state index in [1.54, 1.807) is 7.11 Å². The molecule has 2 N–H and O–H groups in total. The second-order valence-corrected chi connectivity index (χ2v) is 5.01. The number of hydrogen-bond acceptors (Lipinski definition) is 3. The van der Waals surface area contributed by atoms with Crippen molar-refractivity contribution in [2.75, 3.05) is 7.11 Å². The summed E-state index contributed by atoms with van der Waals surface area (Å²) in [6.07, 6.45) is 0. The minimum atomic E-state index is -0.618. The summed E-state index contributed by atoms with van der Waals surface area (Å²) in [6.45, 7) is 7.70. The molecule has 3 nitrogen and oxygen atoms in total. The highest BCUT2D eigenvalue weighted by Gasteiger charge is 2.30. The van der Waals surface area contributed by atoms with Gasteiger partial charge in [0.05, 0.1) is 24.6 Å². The van der Waals surface area contributed by atoms with E-state index in [1.807, 2.05) is 33.8 Å². The highest BCUT2D eigenvalue weighted by Crippen LogP contribution is 2.38. The van der Waals surface area contributed by atoms with Gasteiger partial charge in [-0.3, -0.25) is 0 Å². The van der Waals surface area contributed by atoms with Crippen LogP contribution in [0.25, 0.3) is 0 Å². The molecule has 1 rings (SSSR count). The van der Waals surface area contributed by atoms with Gasteiger partial charge in [-0.2, -0.15) is 5.26 Å². The fourth-order valence-electron chi connectivity index (χ4n) is 1.94. The first-order valence-corrected chi connectivity index (χ1v) is 5.65. The normalized spacial score (nSPS) is 13.0. The number of aryl methyl sites for hydroxylation is 2. The number of nitrogens with zero attached hydrogens (tertiary/aromatic N) is 1. The summed E-state index contributed by atoms with van der Waals surface area (Å²) < 4.78 is 5.38. The van der Waals surface area contributed by atoms with Crippen LogP contribution in [0, 0.1) is 30.6 Å². The van der Waals surface area contributed by atoms with Crippen LogP contribution in [0.3, 0.4) is 0 Å². The first-order valence-electron chi connectivity index (χ1n) is 5.65. The lowest BCUT2D eigenvalue weighted by molar-refractivity contribution is 0.361. The van der Waals surface area contributed by atoms with E-state index in [2.05, 4.69) is 12.1 Å². The summed E-state index contributed by atoms with van der Waals surface area (Å²) in [5.41, 5.74) is 8.71. The maximum atomic E-state index is 9.16. The van der Waals surface area contributed by atoms with Crippen LogP contribution in [-0.4, -0.2) is 7.11 Å². The first kappa shape index (κ1) is 13.5. The molecular weight excluding hydrogens is 212 g/mol. The van der Waals surface area contributed by atoms with E-state index >= 15 is 0 Å². The topological polar surface area (TPSA) is 59.0 Å². The van der Waals surface area contributed by atoms with Crippen LogP contribution in [0.5, 0.6) is 5.75 Å². The quantitative estimate of drug-likeness (QED) is 0.871. The molecule has 0 fully saturated rings. The average Bonchev–Trinajstić information content (AvgIpc) is 2.27. The second-order valence-electron chi connectivity index (χ2n) is 5.01. The number of nitriles is 1. The predicted molar refractivity (Wildman–Crippen MR) is 68.8 cm³/mol. The van der Waals surface area contributed by atoms with Gasteiger partial charge in [-0.1, -0.05) is 6.07 Å². The molecule has 17 heavy (non-hydrogen) atoms. The summed E-state index contributed by atoms with van der Waals surface area (Å²) >= 11 is 0. The molecule has 0 aliphatic rings. The maximum absolute atomic E-state index is 9.16. The Labute approximate surface area is 103 Å². The van der Waals surface area contributed by atoms with Gasteiger partial charge in [-0.25, -0.2) is 0 Å². The van der Waals surface area contributed by atoms with Gasteiger partial charge in [0.15, 0.2) is 0 Å². The lowest BCUT2D eigenvalue weighted by atomic mass is 9.80. The molecule has 0 aliphatic heterocycles. The summed E-state index contributed by atoms with van der Waals surface area (Å²) in [7, 11) is 1.63. The monoisotopic (exact) mass is 232 g/mol. The number of benzene rings is 1. The van der Waals surface area contributed by atoms with E-state index in [0.717, 1.165) is 22.4 Å². The van der Waals surface area contributed by atoms with Gasteiger partial charge in [0.2, 0.25) is 0 Å². The van der Waals surface area contributed by atoms with Crippen LogP contribution >= 0.6 is 0 Å². The van der Waals surface area contributed by atoms with Crippen LogP contribution in [0.1, 0.15) is 36.6 Å². The molecule has 0 bridgehead atoms. The van der Waals surface area contributed by atoms with Crippen LogP contribution in [0.4, 0.5) is 0 Å². The van der Waals surface area contributed by atoms with E-state index in [4.69, 9.17) is 15.7 Å². The number of nitrogens with two attached hydrogens (primary N) is 1. The molecule has 1 unspecified atom stereocenters. The Morgan fingerprint density at radius 3 is 2.41 bits per heavy atom. The molecule has 0 amide bonds. The molecule has 0 spiro atoms. The van der Waals surface area contributed by atoms with E-state index in [9.17, 15) is 0 Å². The largest absolute Gasteiger partial charge is 0.496 e. The van der Waals surface area contributed by atoms with Crippen molar-refractivity contribution in [3.05, 3.63) is 28.8 Å². The number of methoxy groups -OCH3 is 1. The van der Waals surface area contributed by atoms with E-state index in [-0.39, 0.29) is 6.04 Å². The molecule has 0 heterocycles. The fraction of sp³-hybridized carbons (Fsp3) is 0.500. The Morgan fingerprint density at radius 2 is 1.94 bits per heavy atom. The van der Waals surface area contributed by atoms with E-state index < -0.39 is 5.41 Å². The lowest BCUT2D eigenvalue weighted by Gasteiger charge is -2.27. The molecule has 3 heteroatoms. The molecule has 0 saturated heterocycles. The van der Waals surface area contributed by atoms with Crippen molar-refractivity contribution in [2.45, 2.75) is 33.7 Å². The SMILES string of the molecule is COc1cc(C)cc(C)c1C(N)C(C)(C)C#N. The third-order valence-electron chi connectivity index (χ3n) is 3.09. The van der Waals surface area contributed by atoms with Crippen LogP contribution in [0.15, 0.2) is 12.1 Å². The number of hydrogen-bond donors (Lipinski definition) is 1. The number of rotatable bonds is 3. The van der Waals surface area contributed by atoms with Gasteiger partial charge in [0, 0.05) is 5.56 Å². The van der Waals surface area contributed by atoms with Crippen molar-refractivity contribution in [1.29, 1.82) is 5.26 Å². The van der Waals surface area contributed by atoms with Gasteiger partial charge in [-0.05, 0) is 44.9 Å². The van der Waals surface area contributed by atoms with Gasteiger partial charge >= 0.3 is 0 Å². The van der Waals surface area contributed by atoms with Crippen molar-refractivity contribution in [3.63, 3.8) is 0 Å². The Hall–Kier alpha value is -1.53. The fourth-order valence-corrected chi connectivity index (χ4v) is 1.94. The Balaban J connectivity index is 3.36. The summed E-state index contributed by atoms with van der Waals surface area (Å²) in [4.78, 5) is 0. The third-order valence-corrected chi connectivity index (χ3v) is 3.09. The van der Waals surface area contributed by atoms with Gasteiger partial charge in [-0.15, -0.1) is 0 Å². The zero-order valence-electron chi connectivity index (χ0n) is 11.2. The van der Waals surface area contributed by atoms with Crippen LogP contribution in [0.2, 0.25) is 0 Å². The Bertz CT molecular complexity index is 458. The second kappa shape index (κ2) is 4.77. The molecule has 92 valence electrons. The van der Waals surface area contributed by atoms with Crippen LogP contribution in [-0.2, 0) is 0 Å². The minimum Gasteiger partial charge on any atom is -0.496 e. The summed E-state index contributed by atoms with van der Waals surface area (Å²) in [5, 5.41) is 9.16. The predicted octanol–water partition coefficient (Wildman–Crippen LogP) is 2.86. The minimum absolute atomic E-state index is 0.358. The van der Waals surface area contributed by atoms with Crippen molar-refractivity contribution >= 4 is 0 Å². The van der Waals surface area contributed by atoms with Crippen molar-refractivity contribution < 1.29 is 4.74 Å². The van der Waals surface area contributed by atoms with E-state index in [0.29, 0.717) is 0 Å². The molecule has 0 aromatic heterocycles. The van der Waals surface area contributed by atoms with E-state index in [1.165, 1.54) is 0 Å². The maximum Gasteiger partial charge on any atom is 0.124 e. The molecule has 0 saturated carbocycles. The Morgan fingerprint density at radius 1 is 1.35 bits per heavy atom. The smallest absolute Gasteiger partial charge is 0.124 e. The average molecular weight is 232 g/mol. The highest BCUT2D eigenvalue weighted by atomic mass is 16.5. The standard InChI is InChI=1S/C14H20N2O/c1-9-6-10(2)12(11(7-9)17-5)13(16)14(3,4)8-15/h6-7,13H,16H2,1-5H3. The molecule has 1 aromatic rings. The number of ether oxygens (including phenoxy) is 1. The Kier molecular flexibility index (Phi) is 3.79. The molecular formula is C14H20N2O.